The maximum Gasteiger partial charge on any atom is 0.416 e. The van der Waals surface area contributed by atoms with Gasteiger partial charge in [0.05, 0.1) is 11.1 Å². The van der Waals surface area contributed by atoms with Crippen molar-refractivity contribution < 1.29 is 27.9 Å². The predicted octanol–water partition coefficient (Wildman–Crippen LogP) is 3.78. The zero-order chi connectivity index (χ0) is 16.2. The molecule has 1 unspecified atom stereocenters. The lowest BCUT2D eigenvalue weighted by Gasteiger charge is -2.13. The molecule has 1 aromatic carbocycles. The van der Waals surface area contributed by atoms with Crippen LogP contribution in [0.15, 0.2) is 18.2 Å². The van der Waals surface area contributed by atoms with E-state index in [2.05, 4.69) is 5.32 Å². The summed E-state index contributed by atoms with van der Waals surface area (Å²) in [6.07, 6.45) is -3.76. The van der Waals surface area contributed by atoms with Crippen LogP contribution in [0.3, 0.4) is 0 Å². The van der Waals surface area contributed by atoms with Crippen LogP contribution in [0, 0.1) is 5.92 Å². The van der Waals surface area contributed by atoms with E-state index in [1.807, 2.05) is 13.8 Å². The van der Waals surface area contributed by atoms with Crippen LogP contribution in [0.2, 0.25) is 0 Å². The van der Waals surface area contributed by atoms with Gasteiger partial charge in [0, 0.05) is 12.1 Å². The van der Waals surface area contributed by atoms with Crippen molar-refractivity contribution in [1.29, 1.82) is 0 Å². The Kier molecular flexibility index (Phi) is 5.34. The Morgan fingerprint density at radius 2 is 1.90 bits per heavy atom. The van der Waals surface area contributed by atoms with Crippen molar-refractivity contribution in [3.8, 4) is 0 Å². The first-order valence-electron chi connectivity index (χ1n) is 6.39. The Morgan fingerprint density at radius 3 is 2.38 bits per heavy atom. The first kappa shape index (κ1) is 17.0. The Morgan fingerprint density at radius 1 is 1.29 bits per heavy atom. The highest BCUT2D eigenvalue weighted by molar-refractivity contribution is 5.94. The monoisotopic (exact) mass is 303 g/mol. The normalized spacial score (nSPS) is 12.8. The summed E-state index contributed by atoms with van der Waals surface area (Å²) in [5.41, 5.74) is -1.81. The summed E-state index contributed by atoms with van der Waals surface area (Å²) in [7, 11) is 0. The number of carbonyl (C=O) groups excluding carboxylic acids is 1. The molecule has 0 radical (unpaired) electrons. The van der Waals surface area contributed by atoms with E-state index in [4.69, 9.17) is 5.11 Å². The number of rotatable bonds is 5. The standard InChI is InChI=1S/C14H16F3NO3/c1-3-8(2)4-12(19)18-11-6-9(13(20)21)5-10(7-11)14(15,16)17/h5-8H,3-4H2,1-2H3,(H,18,19)(H,20,21). The number of alkyl halides is 3. The Bertz CT molecular complexity index is 541. The van der Waals surface area contributed by atoms with Crippen LogP contribution < -0.4 is 5.32 Å². The Labute approximate surface area is 120 Å². The Balaban J connectivity index is 3.04. The van der Waals surface area contributed by atoms with Crippen LogP contribution in [-0.2, 0) is 11.0 Å². The van der Waals surface area contributed by atoms with Crippen molar-refractivity contribution in [3.63, 3.8) is 0 Å². The quantitative estimate of drug-likeness (QED) is 0.870. The van der Waals surface area contributed by atoms with Gasteiger partial charge in [0.15, 0.2) is 0 Å². The molecule has 0 saturated heterocycles. The fraction of sp³-hybridized carbons (Fsp3) is 0.429. The molecule has 1 amide bonds. The molecule has 0 aliphatic carbocycles. The predicted molar refractivity (Wildman–Crippen MR) is 71.1 cm³/mol. The van der Waals surface area contributed by atoms with E-state index >= 15 is 0 Å². The van der Waals surface area contributed by atoms with Crippen LogP contribution in [0.25, 0.3) is 0 Å². The average Bonchev–Trinajstić information content (AvgIpc) is 2.36. The van der Waals surface area contributed by atoms with Gasteiger partial charge in [-0.25, -0.2) is 4.79 Å². The highest BCUT2D eigenvalue weighted by atomic mass is 19.4. The molecule has 0 spiro atoms. The molecule has 1 rings (SSSR count). The van der Waals surface area contributed by atoms with E-state index in [1.54, 1.807) is 0 Å². The van der Waals surface area contributed by atoms with Crippen LogP contribution in [-0.4, -0.2) is 17.0 Å². The zero-order valence-corrected chi connectivity index (χ0v) is 11.6. The number of hydrogen-bond donors (Lipinski definition) is 2. The average molecular weight is 303 g/mol. The Hall–Kier alpha value is -2.05. The molecule has 0 bridgehead atoms. The van der Waals surface area contributed by atoms with Crippen molar-refractivity contribution >= 4 is 17.6 Å². The summed E-state index contributed by atoms with van der Waals surface area (Å²) in [5.74, 6) is -1.84. The number of halogens is 3. The van der Waals surface area contributed by atoms with Gasteiger partial charge in [-0.05, 0) is 24.1 Å². The minimum absolute atomic E-state index is 0.0924. The summed E-state index contributed by atoms with van der Waals surface area (Å²) in [6, 6.07) is 2.26. The second-order valence-electron chi connectivity index (χ2n) is 4.87. The van der Waals surface area contributed by atoms with Gasteiger partial charge in [-0.15, -0.1) is 0 Å². The number of carboxylic acid groups (broad SMARTS) is 1. The molecule has 0 aliphatic heterocycles. The van der Waals surface area contributed by atoms with Crippen molar-refractivity contribution in [2.45, 2.75) is 32.9 Å². The smallest absolute Gasteiger partial charge is 0.416 e. The van der Waals surface area contributed by atoms with Crippen LogP contribution in [0.1, 0.15) is 42.6 Å². The summed E-state index contributed by atoms with van der Waals surface area (Å²) in [6.45, 7) is 3.74. The van der Waals surface area contributed by atoms with Gasteiger partial charge in [-0.3, -0.25) is 4.79 Å². The van der Waals surface area contributed by atoms with E-state index in [-0.39, 0.29) is 18.0 Å². The number of hydrogen-bond acceptors (Lipinski definition) is 2. The SMILES string of the molecule is CCC(C)CC(=O)Nc1cc(C(=O)O)cc(C(F)(F)F)c1. The van der Waals surface area contributed by atoms with E-state index in [1.165, 1.54) is 0 Å². The summed E-state index contributed by atoms with van der Waals surface area (Å²) in [5, 5.41) is 11.1. The van der Waals surface area contributed by atoms with Gasteiger partial charge in [-0.2, -0.15) is 13.2 Å². The minimum atomic E-state index is -4.68. The first-order chi connectivity index (χ1) is 9.63. The topological polar surface area (TPSA) is 66.4 Å². The molecule has 0 aliphatic rings. The summed E-state index contributed by atoms with van der Waals surface area (Å²) < 4.78 is 38.1. The molecular weight excluding hydrogens is 287 g/mol. The van der Waals surface area contributed by atoms with Gasteiger partial charge >= 0.3 is 12.1 Å². The van der Waals surface area contributed by atoms with E-state index in [0.717, 1.165) is 18.6 Å². The molecule has 4 nitrogen and oxygen atoms in total. The summed E-state index contributed by atoms with van der Waals surface area (Å²) in [4.78, 5) is 22.5. The van der Waals surface area contributed by atoms with Gasteiger partial charge in [0.25, 0.3) is 0 Å². The summed E-state index contributed by atoms with van der Waals surface area (Å²) >= 11 is 0. The molecular formula is C14H16F3NO3. The molecule has 0 fully saturated rings. The molecule has 21 heavy (non-hydrogen) atoms. The van der Waals surface area contributed by atoms with Crippen LogP contribution in [0.5, 0.6) is 0 Å². The second kappa shape index (κ2) is 6.60. The van der Waals surface area contributed by atoms with Crippen LogP contribution >= 0.6 is 0 Å². The van der Waals surface area contributed by atoms with E-state index in [0.29, 0.717) is 6.07 Å². The molecule has 0 aromatic heterocycles. The van der Waals surface area contributed by atoms with Gasteiger partial charge in [0.1, 0.15) is 0 Å². The number of benzene rings is 1. The van der Waals surface area contributed by atoms with E-state index in [9.17, 15) is 22.8 Å². The fourth-order valence-corrected chi connectivity index (χ4v) is 1.66. The molecule has 1 aromatic rings. The molecule has 0 saturated carbocycles. The molecule has 1 atom stereocenters. The highest BCUT2D eigenvalue weighted by Gasteiger charge is 2.32. The number of nitrogens with one attached hydrogen (secondary N) is 1. The zero-order valence-electron chi connectivity index (χ0n) is 11.6. The molecule has 116 valence electrons. The maximum atomic E-state index is 12.7. The number of amides is 1. The minimum Gasteiger partial charge on any atom is -0.478 e. The van der Waals surface area contributed by atoms with Crippen LogP contribution in [0.4, 0.5) is 18.9 Å². The van der Waals surface area contributed by atoms with Crippen molar-refractivity contribution in [1.82, 2.24) is 0 Å². The lowest BCUT2D eigenvalue weighted by molar-refractivity contribution is -0.137. The third kappa shape index (κ3) is 5.09. The third-order valence-corrected chi connectivity index (χ3v) is 3.02. The van der Waals surface area contributed by atoms with Crippen molar-refractivity contribution in [2.24, 2.45) is 5.92 Å². The molecule has 0 heterocycles. The van der Waals surface area contributed by atoms with Crippen molar-refractivity contribution in [3.05, 3.63) is 29.3 Å². The number of anilines is 1. The second-order valence-corrected chi connectivity index (χ2v) is 4.87. The number of aromatic carboxylic acids is 1. The van der Waals surface area contributed by atoms with Gasteiger partial charge in [0.2, 0.25) is 5.91 Å². The highest BCUT2D eigenvalue weighted by Crippen LogP contribution is 2.32. The largest absolute Gasteiger partial charge is 0.478 e. The molecule has 2 N–H and O–H groups in total. The fourth-order valence-electron chi connectivity index (χ4n) is 1.66. The number of carboxylic acids is 1. The van der Waals surface area contributed by atoms with E-state index < -0.39 is 29.2 Å². The van der Waals surface area contributed by atoms with Gasteiger partial charge in [-0.1, -0.05) is 20.3 Å². The third-order valence-electron chi connectivity index (χ3n) is 3.02. The maximum absolute atomic E-state index is 12.7. The van der Waals surface area contributed by atoms with Crippen molar-refractivity contribution in [2.75, 3.05) is 5.32 Å². The molecule has 7 heteroatoms. The first-order valence-corrected chi connectivity index (χ1v) is 6.39. The number of carbonyl (C=O) groups is 2. The van der Waals surface area contributed by atoms with Gasteiger partial charge < -0.3 is 10.4 Å². The lowest BCUT2D eigenvalue weighted by Crippen LogP contribution is -2.16. The lowest BCUT2D eigenvalue weighted by atomic mass is 10.0.